The molecule has 4 rings (SSSR count). The number of benzene rings is 2. The van der Waals surface area contributed by atoms with E-state index in [9.17, 15) is 9.59 Å². The molecule has 2 aromatic rings. The van der Waals surface area contributed by atoms with E-state index in [1.54, 1.807) is 18.7 Å². The fraction of sp³-hybridized carbons (Fsp3) is 0.440. The number of likely N-dealkylation sites (N-methyl/N-ethyl adjacent to an activating group) is 1. The summed E-state index contributed by atoms with van der Waals surface area (Å²) in [4.78, 5) is 32.6. The van der Waals surface area contributed by atoms with E-state index in [4.69, 9.17) is 0 Å². The number of hydrogen-bond acceptors (Lipinski definition) is 4. The number of para-hydroxylation sites is 3. The van der Waals surface area contributed by atoms with Gasteiger partial charge in [-0.2, -0.15) is 0 Å². The molecular formula is C25H32N4O2. The number of nitrogens with zero attached hydrogens (tertiary/aromatic N) is 3. The summed E-state index contributed by atoms with van der Waals surface area (Å²) in [5.74, 6) is -0.248. The molecule has 0 aliphatic carbocycles. The second kappa shape index (κ2) is 8.35. The summed E-state index contributed by atoms with van der Waals surface area (Å²) in [7, 11) is 1.98. The minimum absolute atomic E-state index is 0.0755. The van der Waals surface area contributed by atoms with Crippen LogP contribution in [0.25, 0.3) is 0 Å². The highest BCUT2D eigenvalue weighted by Gasteiger charge is 2.45. The first-order valence-corrected chi connectivity index (χ1v) is 11.1. The monoisotopic (exact) mass is 420 g/mol. The maximum Gasteiger partial charge on any atom is 0.250 e. The van der Waals surface area contributed by atoms with Crippen molar-refractivity contribution in [3.8, 4) is 0 Å². The fourth-order valence-electron chi connectivity index (χ4n) is 4.54. The summed E-state index contributed by atoms with van der Waals surface area (Å²) in [5.41, 5.74) is 2.94. The third kappa shape index (κ3) is 3.92. The van der Waals surface area contributed by atoms with Crippen LogP contribution in [0.15, 0.2) is 48.5 Å². The number of anilines is 3. The van der Waals surface area contributed by atoms with E-state index < -0.39 is 5.54 Å². The van der Waals surface area contributed by atoms with Crippen molar-refractivity contribution < 1.29 is 9.59 Å². The molecule has 0 radical (unpaired) electrons. The van der Waals surface area contributed by atoms with Gasteiger partial charge in [0.2, 0.25) is 11.8 Å². The van der Waals surface area contributed by atoms with Crippen molar-refractivity contribution >= 4 is 28.9 Å². The van der Waals surface area contributed by atoms with Gasteiger partial charge in [0.15, 0.2) is 0 Å². The minimum atomic E-state index is -0.964. The van der Waals surface area contributed by atoms with Crippen LogP contribution >= 0.6 is 0 Å². The van der Waals surface area contributed by atoms with E-state index in [-0.39, 0.29) is 17.9 Å². The van der Waals surface area contributed by atoms with Gasteiger partial charge in [0.1, 0.15) is 5.54 Å². The van der Waals surface area contributed by atoms with E-state index in [0.717, 1.165) is 18.8 Å². The molecule has 6 nitrogen and oxygen atoms in total. The Hall–Kier alpha value is -2.86. The first kappa shape index (κ1) is 21.4. The smallest absolute Gasteiger partial charge is 0.250 e. The van der Waals surface area contributed by atoms with Crippen molar-refractivity contribution in [1.29, 1.82) is 0 Å². The highest BCUT2D eigenvalue weighted by Crippen LogP contribution is 2.37. The predicted molar refractivity (Wildman–Crippen MR) is 125 cm³/mol. The van der Waals surface area contributed by atoms with E-state index >= 15 is 0 Å². The normalized spacial score (nSPS) is 18.7. The third-order valence-electron chi connectivity index (χ3n) is 6.60. The Balaban J connectivity index is 1.58. The summed E-state index contributed by atoms with van der Waals surface area (Å²) in [5, 5.41) is 2.93. The predicted octanol–water partition coefficient (Wildman–Crippen LogP) is 3.87. The summed E-state index contributed by atoms with van der Waals surface area (Å²) < 4.78 is 0. The number of nitrogens with one attached hydrogen (secondary N) is 1. The van der Waals surface area contributed by atoms with Gasteiger partial charge >= 0.3 is 0 Å². The number of hydrogen-bond donors (Lipinski definition) is 1. The topological polar surface area (TPSA) is 55.9 Å². The molecular weight excluding hydrogens is 388 g/mol. The van der Waals surface area contributed by atoms with Crippen molar-refractivity contribution in [2.75, 3.05) is 35.3 Å². The van der Waals surface area contributed by atoms with Crippen LogP contribution in [-0.4, -0.2) is 48.4 Å². The van der Waals surface area contributed by atoms with Crippen molar-refractivity contribution in [3.05, 3.63) is 54.1 Å². The molecule has 1 N–H and O–H groups in total. The fourth-order valence-corrected chi connectivity index (χ4v) is 4.54. The highest BCUT2D eigenvalue weighted by molar-refractivity contribution is 6.15. The number of carbonyl (C=O) groups excluding carboxylic acids is 2. The zero-order valence-corrected chi connectivity index (χ0v) is 18.9. The Morgan fingerprint density at radius 2 is 1.68 bits per heavy atom. The molecule has 0 spiro atoms. The summed E-state index contributed by atoms with van der Waals surface area (Å²) >= 11 is 0. The van der Waals surface area contributed by atoms with Crippen LogP contribution in [0, 0.1) is 0 Å². The van der Waals surface area contributed by atoms with Crippen LogP contribution in [0.3, 0.4) is 0 Å². The van der Waals surface area contributed by atoms with Crippen LogP contribution in [-0.2, 0) is 16.1 Å². The number of amides is 2. The van der Waals surface area contributed by atoms with E-state index in [1.807, 2.05) is 38.2 Å². The molecule has 0 unspecified atom stereocenters. The van der Waals surface area contributed by atoms with Gasteiger partial charge in [0.25, 0.3) is 0 Å². The number of carbonyl (C=O) groups is 2. The van der Waals surface area contributed by atoms with Gasteiger partial charge in [-0.25, -0.2) is 0 Å². The SMILES string of the molecule is C[C@@H](C(=O)N1c2ccccc2NC(=O)C1(C)C)N(C)Cc1ccccc1N1CCCC1. The van der Waals surface area contributed by atoms with Crippen LogP contribution < -0.4 is 15.1 Å². The van der Waals surface area contributed by atoms with Crippen LogP contribution in [0.5, 0.6) is 0 Å². The van der Waals surface area contributed by atoms with Gasteiger partial charge in [0, 0.05) is 25.3 Å². The minimum Gasteiger partial charge on any atom is -0.371 e. The average Bonchev–Trinajstić information content (AvgIpc) is 3.28. The van der Waals surface area contributed by atoms with Crippen LogP contribution in [0.1, 0.15) is 39.2 Å². The van der Waals surface area contributed by atoms with Crippen LogP contribution in [0.4, 0.5) is 17.1 Å². The molecule has 164 valence electrons. The Bertz CT molecular complexity index is 981. The van der Waals surface area contributed by atoms with Gasteiger partial charge in [-0.05, 0) is 64.4 Å². The van der Waals surface area contributed by atoms with Crippen molar-refractivity contribution in [3.63, 3.8) is 0 Å². The molecule has 1 fully saturated rings. The van der Waals surface area contributed by atoms with Crippen molar-refractivity contribution in [2.45, 2.75) is 51.7 Å². The zero-order chi connectivity index (χ0) is 22.2. The van der Waals surface area contributed by atoms with Gasteiger partial charge in [0.05, 0.1) is 17.4 Å². The summed E-state index contributed by atoms with van der Waals surface area (Å²) in [6.45, 7) is 8.36. The Labute approximate surface area is 184 Å². The molecule has 0 aromatic heterocycles. The lowest BCUT2D eigenvalue weighted by Crippen LogP contribution is -2.61. The molecule has 2 aromatic carbocycles. The standard InChI is InChI=1S/C25H32N4O2/c1-18(27(4)17-19-11-5-7-13-21(19)28-15-9-10-16-28)23(30)29-22-14-8-6-12-20(22)26-24(31)25(29,2)3/h5-8,11-14,18H,9-10,15-17H2,1-4H3,(H,26,31)/t18-/m0/s1. The maximum atomic E-state index is 13.7. The molecule has 0 bridgehead atoms. The van der Waals surface area contributed by atoms with Crippen LogP contribution in [0.2, 0.25) is 0 Å². The lowest BCUT2D eigenvalue weighted by Gasteiger charge is -2.44. The number of fused-ring (bicyclic) bond motifs is 1. The highest BCUT2D eigenvalue weighted by atomic mass is 16.2. The summed E-state index contributed by atoms with van der Waals surface area (Å²) in [6, 6.07) is 15.6. The van der Waals surface area contributed by atoms with Crippen molar-refractivity contribution in [2.24, 2.45) is 0 Å². The molecule has 2 heterocycles. The van der Waals surface area contributed by atoms with Gasteiger partial charge in [-0.1, -0.05) is 30.3 Å². The average molecular weight is 421 g/mol. The maximum absolute atomic E-state index is 13.7. The second-order valence-electron chi connectivity index (χ2n) is 9.12. The number of rotatable bonds is 5. The van der Waals surface area contributed by atoms with Gasteiger partial charge < -0.3 is 10.2 Å². The molecule has 0 saturated carbocycles. The molecule has 6 heteroatoms. The molecule has 31 heavy (non-hydrogen) atoms. The quantitative estimate of drug-likeness (QED) is 0.798. The third-order valence-corrected chi connectivity index (χ3v) is 6.60. The van der Waals surface area contributed by atoms with Crippen molar-refractivity contribution in [1.82, 2.24) is 4.90 Å². The lowest BCUT2D eigenvalue weighted by atomic mass is 9.95. The lowest BCUT2D eigenvalue weighted by molar-refractivity contribution is -0.129. The zero-order valence-electron chi connectivity index (χ0n) is 18.9. The summed E-state index contributed by atoms with van der Waals surface area (Å²) in [6.07, 6.45) is 2.45. The Morgan fingerprint density at radius 3 is 2.39 bits per heavy atom. The Morgan fingerprint density at radius 1 is 1.06 bits per heavy atom. The molecule has 2 aliphatic rings. The van der Waals surface area contributed by atoms with E-state index in [1.165, 1.54) is 24.1 Å². The van der Waals surface area contributed by atoms with Gasteiger partial charge in [-0.3, -0.25) is 19.4 Å². The molecule has 1 saturated heterocycles. The Kier molecular flexibility index (Phi) is 5.75. The first-order chi connectivity index (χ1) is 14.8. The first-order valence-electron chi connectivity index (χ1n) is 11.1. The molecule has 2 amide bonds. The second-order valence-corrected chi connectivity index (χ2v) is 9.12. The largest absolute Gasteiger partial charge is 0.371 e. The van der Waals surface area contributed by atoms with E-state index in [2.05, 4.69) is 39.4 Å². The van der Waals surface area contributed by atoms with Gasteiger partial charge in [-0.15, -0.1) is 0 Å². The molecule has 1 atom stereocenters. The van der Waals surface area contributed by atoms with E-state index in [0.29, 0.717) is 12.2 Å². The molecule has 2 aliphatic heterocycles.